The molecule has 1 atom stereocenters. The van der Waals surface area contributed by atoms with Gasteiger partial charge in [0.2, 0.25) is 6.79 Å². The maximum atomic E-state index is 12.5. The third-order valence-corrected chi connectivity index (χ3v) is 4.67. The molecule has 0 saturated heterocycles. The number of rotatable bonds is 3. The molecular formula is C19H16ClNO3. The van der Waals surface area contributed by atoms with Crippen molar-refractivity contribution < 1.29 is 14.3 Å². The molecule has 24 heavy (non-hydrogen) atoms. The molecular weight excluding hydrogens is 326 g/mol. The number of Topliss-reactive ketones (excluding diaryl/α,β-unsaturated/α-hetero) is 1. The average Bonchev–Trinajstić information content (AvgIpc) is 3.12. The Morgan fingerprint density at radius 2 is 1.96 bits per heavy atom. The van der Waals surface area contributed by atoms with Crippen LogP contribution in [0.25, 0.3) is 10.9 Å². The van der Waals surface area contributed by atoms with Crippen LogP contribution in [0.2, 0.25) is 5.02 Å². The Hall–Kier alpha value is -2.46. The predicted molar refractivity (Wildman–Crippen MR) is 93.0 cm³/mol. The van der Waals surface area contributed by atoms with Gasteiger partial charge in [-0.3, -0.25) is 4.79 Å². The Balaban J connectivity index is 1.89. The van der Waals surface area contributed by atoms with Crippen molar-refractivity contribution in [1.82, 2.24) is 4.57 Å². The summed E-state index contributed by atoms with van der Waals surface area (Å²) < 4.78 is 12.8. The number of carbonyl (C=O) groups excluding carboxylic acids is 1. The second-order valence-corrected chi connectivity index (χ2v) is 6.45. The van der Waals surface area contributed by atoms with E-state index in [0.717, 1.165) is 22.0 Å². The number of hydrogen-bond donors (Lipinski definition) is 0. The molecule has 0 N–H and O–H groups in total. The summed E-state index contributed by atoms with van der Waals surface area (Å²) in [6.45, 7) is 1.83. The molecule has 0 radical (unpaired) electrons. The highest BCUT2D eigenvalue weighted by Crippen LogP contribution is 2.39. The van der Waals surface area contributed by atoms with Gasteiger partial charge in [-0.15, -0.1) is 0 Å². The Morgan fingerprint density at radius 1 is 1.17 bits per heavy atom. The van der Waals surface area contributed by atoms with Gasteiger partial charge >= 0.3 is 0 Å². The summed E-state index contributed by atoms with van der Waals surface area (Å²) in [4.78, 5) is 12.5. The quantitative estimate of drug-likeness (QED) is 0.714. The van der Waals surface area contributed by atoms with Gasteiger partial charge in [-0.05, 0) is 42.3 Å². The van der Waals surface area contributed by atoms with E-state index in [9.17, 15) is 4.79 Å². The van der Waals surface area contributed by atoms with Gasteiger partial charge in [0.15, 0.2) is 11.5 Å². The van der Waals surface area contributed by atoms with Crippen LogP contribution in [0, 0.1) is 0 Å². The second-order valence-electron chi connectivity index (χ2n) is 6.01. The minimum absolute atomic E-state index is 0.0799. The Bertz CT molecular complexity index is 961. The first kappa shape index (κ1) is 15.1. The van der Waals surface area contributed by atoms with Gasteiger partial charge in [-0.25, -0.2) is 0 Å². The van der Waals surface area contributed by atoms with Crippen molar-refractivity contribution in [3.63, 3.8) is 0 Å². The van der Waals surface area contributed by atoms with Crippen molar-refractivity contribution in [1.29, 1.82) is 0 Å². The minimum atomic E-state index is -0.357. The van der Waals surface area contributed by atoms with Crippen LogP contribution in [0.5, 0.6) is 11.5 Å². The van der Waals surface area contributed by atoms with Crippen LogP contribution in [-0.4, -0.2) is 17.1 Å². The molecule has 3 aromatic rings. The second kappa shape index (κ2) is 5.56. The molecule has 0 amide bonds. The number of benzene rings is 2. The zero-order chi connectivity index (χ0) is 16.8. The van der Waals surface area contributed by atoms with Crippen molar-refractivity contribution in [2.75, 3.05) is 6.79 Å². The van der Waals surface area contributed by atoms with E-state index in [1.54, 1.807) is 6.92 Å². The average molecular weight is 342 g/mol. The van der Waals surface area contributed by atoms with Gasteiger partial charge < -0.3 is 14.0 Å². The highest BCUT2D eigenvalue weighted by molar-refractivity contribution is 6.31. The van der Waals surface area contributed by atoms with Gasteiger partial charge in [0.1, 0.15) is 5.78 Å². The normalized spacial score (nSPS) is 14.1. The number of nitrogens with zero attached hydrogens (tertiary/aromatic N) is 1. The molecule has 0 spiro atoms. The molecule has 1 unspecified atom stereocenters. The first-order chi connectivity index (χ1) is 11.5. The summed E-state index contributed by atoms with van der Waals surface area (Å²) in [5.41, 5.74) is 2.87. The molecule has 5 heteroatoms. The summed E-state index contributed by atoms with van der Waals surface area (Å²) in [7, 11) is 1.96. The Labute approximate surface area is 144 Å². The number of ketones is 1. The summed E-state index contributed by atoms with van der Waals surface area (Å²) in [5, 5.41) is 1.71. The fourth-order valence-corrected chi connectivity index (χ4v) is 3.51. The lowest BCUT2D eigenvalue weighted by atomic mass is 9.88. The van der Waals surface area contributed by atoms with E-state index in [1.165, 1.54) is 0 Å². The SMILES string of the molecule is CC(=O)C(c1ccc2c(c1)OCO2)c1cn(C)c2cc(Cl)ccc12. The van der Waals surface area contributed by atoms with E-state index < -0.39 is 0 Å². The van der Waals surface area contributed by atoms with Crippen molar-refractivity contribution in [3.8, 4) is 11.5 Å². The van der Waals surface area contributed by atoms with Gasteiger partial charge in [0.25, 0.3) is 0 Å². The predicted octanol–water partition coefficient (Wildman–Crippen LogP) is 4.28. The highest BCUT2D eigenvalue weighted by Gasteiger charge is 2.25. The number of halogens is 1. The summed E-state index contributed by atoms with van der Waals surface area (Å²) >= 11 is 6.11. The summed E-state index contributed by atoms with van der Waals surface area (Å²) in [6.07, 6.45) is 2.00. The molecule has 0 aliphatic carbocycles. The number of ether oxygens (including phenoxy) is 2. The maximum Gasteiger partial charge on any atom is 0.231 e. The standard InChI is InChI=1S/C19H16ClNO3/c1-11(22)19(12-3-6-17-18(7-12)24-10-23-17)15-9-21(2)16-8-13(20)4-5-14(15)16/h3-9,19H,10H2,1-2H3. The van der Waals surface area contributed by atoms with Crippen molar-refractivity contribution in [3.05, 3.63) is 58.7 Å². The largest absolute Gasteiger partial charge is 0.454 e. The minimum Gasteiger partial charge on any atom is -0.454 e. The molecule has 1 aromatic heterocycles. The summed E-state index contributed by atoms with van der Waals surface area (Å²) in [6, 6.07) is 11.4. The fraction of sp³-hybridized carbons (Fsp3) is 0.211. The van der Waals surface area contributed by atoms with E-state index in [0.29, 0.717) is 16.5 Å². The zero-order valence-electron chi connectivity index (χ0n) is 13.4. The molecule has 2 heterocycles. The molecule has 0 saturated carbocycles. The fourth-order valence-electron chi connectivity index (χ4n) is 3.34. The molecule has 4 nitrogen and oxygen atoms in total. The Morgan fingerprint density at radius 3 is 2.75 bits per heavy atom. The number of aryl methyl sites for hydroxylation is 1. The van der Waals surface area contributed by atoms with E-state index in [4.69, 9.17) is 21.1 Å². The van der Waals surface area contributed by atoms with Gasteiger partial charge in [-0.1, -0.05) is 23.7 Å². The lowest BCUT2D eigenvalue weighted by molar-refractivity contribution is -0.117. The Kier molecular flexibility index (Phi) is 3.50. The van der Waals surface area contributed by atoms with Crippen molar-refractivity contribution in [2.24, 2.45) is 7.05 Å². The molecule has 0 bridgehead atoms. The van der Waals surface area contributed by atoms with Crippen LogP contribution < -0.4 is 9.47 Å². The third-order valence-electron chi connectivity index (χ3n) is 4.43. The summed E-state index contributed by atoms with van der Waals surface area (Å²) in [5.74, 6) is 1.12. The van der Waals surface area contributed by atoms with Crippen LogP contribution in [-0.2, 0) is 11.8 Å². The number of carbonyl (C=O) groups is 1. The van der Waals surface area contributed by atoms with E-state index >= 15 is 0 Å². The topological polar surface area (TPSA) is 40.5 Å². The van der Waals surface area contributed by atoms with Crippen LogP contribution in [0.4, 0.5) is 0 Å². The molecule has 1 aliphatic heterocycles. The molecule has 2 aromatic carbocycles. The number of fused-ring (bicyclic) bond motifs is 2. The van der Waals surface area contributed by atoms with E-state index in [-0.39, 0.29) is 18.5 Å². The number of aromatic nitrogens is 1. The van der Waals surface area contributed by atoms with Crippen LogP contribution in [0.3, 0.4) is 0 Å². The maximum absolute atomic E-state index is 12.5. The van der Waals surface area contributed by atoms with Crippen LogP contribution in [0.1, 0.15) is 24.0 Å². The van der Waals surface area contributed by atoms with Crippen molar-refractivity contribution >= 4 is 28.3 Å². The monoisotopic (exact) mass is 341 g/mol. The van der Waals surface area contributed by atoms with Gasteiger partial charge in [0.05, 0.1) is 5.92 Å². The smallest absolute Gasteiger partial charge is 0.231 e. The molecule has 122 valence electrons. The van der Waals surface area contributed by atoms with E-state index in [1.807, 2.05) is 54.2 Å². The van der Waals surface area contributed by atoms with Crippen molar-refractivity contribution in [2.45, 2.75) is 12.8 Å². The molecule has 0 fully saturated rings. The molecule has 4 rings (SSSR count). The molecule has 1 aliphatic rings. The first-order valence-electron chi connectivity index (χ1n) is 7.69. The lowest BCUT2D eigenvalue weighted by Gasteiger charge is -2.14. The van der Waals surface area contributed by atoms with Gasteiger partial charge in [0, 0.05) is 29.2 Å². The number of hydrogen-bond acceptors (Lipinski definition) is 3. The van der Waals surface area contributed by atoms with Gasteiger partial charge in [-0.2, -0.15) is 0 Å². The zero-order valence-corrected chi connectivity index (χ0v) is 14.1. The van der Waals surface area contributed by atoms with E-state index in [2.05, 4.69) is 0 Å². The van der Waals surface area contributed by atoms with Crippen LogP contribution >= 0.6 is 11.6 Å². The highest BCUT2D eigenvalue weighted by atomic mass is 35.5. The first-order valence-corrected chi connectivity index (χ1v) is 8.07. The van der Waals surface area contributed by atoms with Crippen LogP contribution in [0.15, 0.2) is 42.6 Å². The third kappa shape index (κ3) is 2.34. The lowest BCUT2D eigenvalue weighted by Crippen LogP contribution is -2.10.